The molecule has 2 rings (SSSR count). The standard InChI is InChI=1S/C17H29N3O.C2H6/c1-15(2)4-3-12-21-13-7-16-5-6-17(19-14-16)20-10-8-18-9-11-20;1-2/h5-6,14-15,18H,3-4,7-13H2,1-2H3;1-2H3. The van der Waals surface area contributed by atoms with Gasteiger partial charge in [0.2, 0.25) is 0 Å². The summed E-state index contributed by atoms with van der Waals surface area (Å²) >= 11 is 0. The highest BCUT2D eigenvalue weighted by molar-refractivity contribution is 5.39. The minimum absolute atomic E-state index is 0.773. The minimum atomic E-state index is 0.773. The zero-order valence-electron chi connectivity index (χ0n) is 15.5. The number of rotatable bonds is 8. The summed E-state index contributed by atoms with van der Waals surface area (Å²) in [4.78, 5) is 6.92. The molecule has 23 heavy (non-hydrogen) atoms. The third kappa shape index (κ3) is 8.33. The Morgan fingerprint density at radius 2 is 1.91 bits per heavy atom. The van der Waals surface area contributed by atoms with E-state index in [0.717, 1.165) is 64.0 Å². The highest BCUT2D eigenvalue weighted by Crippen LogP contribution is 2.12. The molecule has 2 heterocycles. The van der Waals surface area contributed by atoms with E-state index in [1.807, 2.05) is 20.0 Å². The van der Waals surface area contributed by atoms with Gasteiger partial charge in [-0.3, -0.25) is 0 Å². The molecule has 0 unspecified atom stereocenters. The lowest BCUT2D eigenvalue weighted by molar-refractivity contribution is 0.130. The van der Waals surface area contributed by atoms with E-state index in [4.69, 9.17) is 4.74 Å². The predicted molar refractivity (Wildman–Crippen MR) is 99.3 cm³/mol. The summed E-state index contributed by atoms with van der Waals surface area (Å²) in [5.74, 6) is 1.87. The number of pyridine rings is 1. The van der Waals surface area contributed by atoms with Crippen molar-refractivity contribution in [3.8, 4) is 0 Å². The molecule has 0 radical (unpaired) electrons. The summed E-state index contributed by atoms with van der Waals surface area (Å²) < 4.78 is 5.69. The van der Waals surface area contributed by atoms with E-state index in [1.165, 1.54) is 12.0 Å². The molecular weight excluding hydrogens is 286 g/mol. The minimum Gasteiger partial charge on any atom is -0.381 e. The summed E-state index contributed by atoms with van der Waals surface area (Å²) in [6, 6.07) is 4.32. The number of nitrogens with zero attached hydrogens (tertiary/aromatic N) is 2. The Morgan fingerprint density at radius 3 is 2.52 bits per heavy atom. The van der Waals surface area contributed by atoms with Crippen molar-refractivity contribution >= 4 is 5.82 Å². The van der Waals surface area contributed by atoms with Gasteiger partial charge in [-0.25, -0.2) is 4.98 Å². The number of aromatic nitrogens is 1. The number of piperazine rings is 1. The van der Waals surface area contributed by atoms with Crippen molar-refractivity contribution in [3.63, 3.8) is 0 Å². The van der Waals surface area contributed by atoms with Crippen LogP contribution in [0, 0.1) is 5.92 Å². The van der Waals surface area contributed by atoms with E-state index >= 15 is 0 Å². The number of hydrogen-bond donors (Lipinski definition) is 1. The fourth-order valence-electron chi connectivity index (χ4n) is 2.53. The van der Waals surface area contributed by atoms with E-state index in [9.17, 15) is 0 Å². The summed E-state index contributed by atoms with van der Waals surface area (Å²) in [6.45, 7) is 14.4. The molecule has 0 aromatic carbocycles. The van der Waals surface area contributed by atoms with Crippen molar-refractivity contribution in [3.05, 3.63) is 23.9 Å². The summed E-state index contributed by atoms with van der Waals surface area (Å²) in [6.07, 6.45) is 5.37. The van der Waals surface area contributed by atoms with Gasteiger partial charge >= 0.3 is 0 Å². The smallest absolute Gasteiger partial charge is 0.128 e. The van der Waals surface area contributed by atoms with Crippen molar-refractivity contribution < 1.29 is 4.74 Å². The fraction of sp³-hybridized carbons (Fsp3) is 0.737. The average Bonchev–Trinajstić information content (AvgIpc) is 2.61. The van der Waals surface area contributed by atoms with Crippen LogP contribution in [0.5, 0.6) is 0 Å². The normalized spacial score (nSPS) is 14.6. The maximum Gasteiger partial charge on any atom is 0.128 e. The summed E-state index contributed by atoms with van der Waals surface area (Å²) in [7, 11) is 0. The molecule has 1 saturated heterocycles. The average molecular weight is 322 g/mol. The Morgan fingerprint density at radius 1 is 1.17 bits per heavy atom. The van der Waals surface area contributed by atoms with Crippen LogP contribution in [0.4, 0.5) is 5.82 Å². The first-order valence-corrected chi connectivity index (χ1v) is 9.24. The molecule has 1 N–H and O–H groups in total. The van der Waals surface area contributed by atoms with Gasteiger partial charge in [-0.1, -0.05) is 33.8 Å². The van der Waals surface area contributed by atoms with Gasteiger partial charge in [-0.15, -0.1) is 0 Å². The molecule has 0 aliphatic carbocycles. The molecule has 0 spiro atoms. The van der Waals surface area contributed by atoms with E-state index in [0.29, 0.717) is 0 Å². The first-order chi connectivity index (χ1) is 11.3. The first-order valence-electron chi connectivity index (χ1n) is 9.24. The molecule has 4 nitrogen and oxygen atoms in total. The maximum atomic E-state index is 5.69. The van der Waals surface area contributed by atoms with Gasteiger partial charge in [0.1, 0.15) is 5.82 Å². The molecule has 132 valence electrons. The molecule has 1 aromatic heterocycles. The molecule has 0 saturated carbocycles. The van der Waals surface area contributed by atoms with Gasteiger partial charge in [0.05, 0.1) is 6.61 Å². The van der Waals surface area contributed by atoms with Gasteiger partial charge < -0.3 is 15.0 Å². The van der Waals surface area contributed by atoms with E-state index in [1.54, 1.807) is 0 Å². The second-order valence-electron chi connectivity index (χ2n) is 6.16. The predicted octanol–water partition coefficient (Wildman–Crippen LogP) is 3.51. The molecule has 0 bridgehead atoms. The SMILES string of the molecule is CC.CC(C)CCCOCCc1ccc(N2CCNCC2)nc1. The number of nitrogens with one attached hydrogen (secondary N) is 1. The third-order valence-corrected chi connectivity index (χ3v) is 3.86. The molecular formula is C19H35N3O. The van der Waals surface area contributed by atoms with Crippen molar-refractivity contribution in [1.82, 2.24) is 10.3 Å². The highest BCUT2D eigenvalue weighted by atomic mass is 16.5. The van der Waals surface area contributed by atoms with E-state index < -0.39 is 0 Å². The molecule has 0 amide bonds. The van der Waals surface area contributed by atoms with Crippen LogP contribution in [0.1, 0.15) is 46.1 Å². The molecule has 1 aliphatic rings. The van der Waals surface area contributed by atoms with Gasteiger partial charge in [-0.2, -0.15) is 0 Å². The van der Waals surface area contributed by atoms with Crippen LogP contribution >= 0.6 is 0 Å². The quantitative estimate of drug-likeness (QED) is 0.744. The van der Waals surface area contributed by atoms with Crippen LogP contribution in [-0.2, 0) is 11.2 Å². The maximum absolute atomic E-state index is 5.69. The summed E-state index contributed by atoms with van der Waals surface area (Å²) in [5, 5.41) is 3.36. The Labute approximate surface area is 142 Å². The van der Waals surface area contributed by atoms with Crippen LogP contribution in [0.15, 0.2) is 18.3 Å². The van der Waals surface area contributed by atoms with Crippen molar-refractivity contribution in [2.24, 2.45) is 5.92 Å². The Kier molecular flexibility index (Phi) is 10.7. The van der Waals surface area contributed by atoms with Crippen LogP contribution in [0.25, 0.3) is 0 Å². The monoisotopic (exact) mass is 321 g/mol. The van der Waals surface area contributed by atoms with Gasteiger partial charge in [0.15, 0.2) is 0 Å². The second kappa shape index (κ2) is 12.3. The van der Waals surface area contributed by atoms with Gasteiger partial charge in [0, 0.05) is 39.0 Å². The molecule has 1 aromatic rings. The first kappa shape index (κ1) is 19.9. The van der Waals surface area contributed by atoms with Crippen molar-refractivity contribution in [1.29, 1.82) is 0 Å². The Balaban J connectivity index is 0.00000127. The lowest BCUT2D eigenvalue weighted by Gasteiger charge is -2.28. The van der Waals surface area contributed by atoms with Crippen LogP contribution < -0.4 is 10.2 Å². The van der Waals surface area contributed by atoms with Crippen LogP contribution in [0.2, 0.25) is 0 Å². The van der Waals surface area contributed by atoms with E-state index in [2.05, 4.69) is 41.2 Å². The van der Waals surface area contributed by atoms with Crippen molar-refractivity contribution in [2.75, 3.05) is 44.3 Å². The largest absolute Gasteiger partial charge is 0.381 e. The molecule has 1 aliphatic heterocycles. The summed E-state index contributed by atoms with van der Waals surface area (Å²) in [5.41, 5.74) is 1.26. The molecule has 0 atom stereocenters. The highest BCUT2D eigenvalue weighted by Gasteiger charge is 2.10. The van der Waals surface area contributed by atoms with Crippen LogP contribution in [-0.4, -0.2) is 44.4 Å². The number of ether oxygens (including phenoxy) is 1. The topological polar surface area (TPSA) is 37.4 Å². The fourth-order valence-corrected chi connectivity index (χ4v) is 2.53. The van der Waals surface area contributed by atoms with Gasteiger partial charge in [-0.05, 0) is 36.8 Å². The van der Waals surface area contributed by atoms with Crippen molar-refractivity contribution in [2.45, 2.75) is 47.0 Å². The second-order valence-corrected chi connectivity index (χ2v) is 6.16. The Hall–Kier alpha value is -1.13. The molecule has 1 fully saturated rings. The molecule has 4 heteroatoms. The lowest BCUT2D eigenvalue weighted by atomic mass is 10.1. The van der Waals surface area contributed by atoms with Crippen LogP contribution in [0.3, 0.4) is 0 Å². The third-order valence-electron chi connectivity index (χ3n) is 3.86. The lowest BCUT2D eigenvalue weighted by Crippen LogP contribution is -2.43. The van der Waals surface area contributed by atoms with Gasteiger partial charge in [0.25, 0.3) is 0 Å². The number of hydrogen-bond acceptors (Lipinski definition) is 4. The number of anilines is 1. The zero-order chi connectivity index (χ0) is 16.9. The Bertz CT molecular complexity index is 386. The van der Waals surface area contributed by atoms with E-state index in [-0.39, 0.29) is 0 Å². The zero-order valence-corrected chi connectivity index (χ0v) is 15.5.